The lowest BCUT2D eigenvalue weighted by Gasteiger charge is -2.10. The molecule has 40 nitrogen and oxygen atoms in total. The van der Waals surface area contributed by atoms with Crippen molar-refractivity contribution in [1.82, 2.24) is 81.5 Å². The van der Waals surface area contributed by atoms with Crippen molar-refractivity contribution >= 4 is 134 Å². The average Bonchev–Trinajstić information content (AvgIpc) is 1.68. The van der Waals surface area contributed by atoms with Gasteiger partial charge in [0, 0.05) is 172 Å². The molecule has 0 aliphatic rings. The van der Waals surface area contributed by atoms with Crippen LogP contribution in [0.4, 0.5) is 57.3 Å². The van der Waals surface area contributed by atoms with Gasteiger partial charge in [-0.2, -0.15) is 0 Å². The molecule has 0 saturated carbocycles. The number of nitrogens with one attached hydrogen (secondary N) is 13. The molecule has 582 valence electrons. The molecule has 0 bridgehead atoms. The van der Waals surface area contributed by atoms with Gasteiger partial charge in [-0.1, -0.05) is 0 Å². The Balaban J connectivity index is 0.630. The number of rotatable bonds is 31. The highest BCUT2D eigenvalue weighted by Crippen LogP contribution is 2.25. The monoisotopic (exact) mass is 1520 g/mol. The number of hydrogen-bond donors (Lipinski definition) is 13. The van der Waals surface area contributed by atoms with Crippen molar-refractivity contribution in [2.45, 2.75) is 32.6 Å². The molecule has 0 saturated heterocycles. The second-order valence-electron chi connectivity index (χ2n) is 26.5. The van der Waals surface area contributed by atoms with E-state index in [1.807, 2.05) is 19.0 Å². The van der Waals surface area contributed by atoms with Gasteiger partial charge in [-0.25, -0.2) is 15.0 Å². The van der Waals surface area contributed by atoms with E-state index in [9.17, 15) is 62.3 Å². The maximum absolute atomic E-state index is 13.6. The van der Waals surface area contributed by atoms with E-state index in [0.29, 0.717) is 23.6 Å². The van der Waals surface area contributed by atoms with Gasteiger partial charge in [-0.15, -0.1) is 0 Å². The largest absolute Gasteiger partial charge is 0.356 e. The van der Waals surface area contributed by atoms with Crippen LogP contribution in [0.2, 0.25) is 0 Å². The summed E-state index contributed by atoms with van der Waals surface area (Å²) in [6, 6.07) is 10.3. The topological polar surface area (TPSA) is 470 Å². The molecule has 0 aliphatic heterocycles. The second-order valence-corrected chi connectivity index (χ2v) is 26.5. The lowest BCUT2D eigenvalue weighted by molar-refractivity contribution is -0.121. The first-order chi connectivity index (χ1) is 52.6. The summed E-state index contributed by atoms with van der Waals surface area (Å²) in [6.45, 7) is 2.92. The number of hydrogen-bond acceptors (Lipinski definition) is 17. The molecule has 0 spiro atoms. The highest BCUT2D eigenvalue weighted by molar-refractivity contribution is 6.11. The van der Waals surface area contributed by atoms with Crippen LogP contribution in [0, 0.1) is 0 Å². The first-order valence-electron chi connectivity index (χ1n) is 34.4. The third kappa shape index (κ3) is 19.8. The Morgan fingerprint density at radius 3 is 0.874 bits per heavy atom. The molecule has 0 atom stereocenters. The maximum atomic E-state index is 13.6. The minimum atomic E-state index is -0.664. The smallest absolute Gasteiger partial charge is 0.291 e. The molecule has 0 aromatic carbocycles. The number of aryl methyl sites for hydroxylation is 10. The van der Waals surface area contributed by atoms with Gasteiger partial charge in [0.15, 0.2) is 17.5 Å². The average molecular weight is 1520 g/mol. The standard InChI is InChI=1S/C71H85N27O13/c1-39(99)75-40-22-52(91(6)29-40)67(107)86-55-37-98(13)61(84-55)71(111)81-46-28-53(95(10)35-46)68(108)87-56-38-97(12)60(85-56)70(110)79-44-24-47(90(5)33-44)62(102)73-18-14-16-58(101)82-54-36-96(11)59(83-54)69(109)80-45-27-51(94(9)34-45)66(106)78-43-26-50(93(8)32-43)65(105)77-42-25-49(92(7)31-42)64(104)76-41-23-48(89(4)30-41)63(103)74-20-17-57(100)72-19-15-21-88(2)3/h22-38H,14-21H2,1-13H3,(H,72,100)(H,73,102)(H,74,103)(H,75,99)(H,76,104)(H,77,105)(H,78,106)(H,79,110)(H,80,109)(H,81,111)(H,82,101)(H,86,107)(H,87,108). The summed E-state index contributed by atoms with van der Waals surface area (Å²) in [5, 5.41) is 35.3. The van der Waals surface area contributed by atoms with E-state index in [2.05, 4.69) is 84.1 Å². The van der Waals surface area contributed by atoms with E-state index in [4.69, 9.17) is 0 Å². The fourth-order valence-corrected chi connectivity index (χ4v) is 11.8. The molecule has 0 aliphatic carbocycles. The highest BCUT2D eigenvalue weighted by atomic mass is 16.2. The van der Waals surface area contributed by atoms with E-state index in [-0.39, 0.29) is 142 Å². The van der Waals surface area contributed by atoms with Crippen molar-refractivity contribution in [3.63, 3.8) is 0 Å². The van der Waals surface area contributed by atoms with E-state index in [1.165, 1.54) is 134 Å². The number of nitrogens with zero attached hydrogens (tertiary/aromatic N) is 14. The molecule has 10 aromatic rings. The number of imidazole rings is 3. The summed E-state index contributed by atoms with van der Waals surface area (Å²) in [4.78, 5) is 185. The van der Waals surface area contributed by atoms with Gasteiger partial charge in [0.1, 0.15) is 39.9 Å². The summed E-state index contributed by atoms with van der Waals surface area (Å²) in [6.07, 6.45) is 16.2. The van der Waals surface area contributed by atoms with Crippen LogP contribution in [0.3, 0.4) is 0 Å². The number of amides is 13. The van der Waals surface area contributed by atoms with Crippen LogP contribution < -0.4 is 69.1 Å². The Morgan fingerprint density at radius 1 is 0.288 bits per heavy atom. The third-order valence-electron chi connectivity index (χ3n) is 17.1. The Labute approximate surface area is 633 Å². The molecule has 0 fully saturated rings. The quantitative estimate of drug-likeness (QED) is 0.0276. The van der Waals surface area contributed by atoms with Crippen molar-refractivity contribution in [1.29, 1.82) is 0 Å². The van der Waals surface area contributed by atoms with Crippen LogP contribution in [0.15, 0.2) is 104 Å². The highest BCUT2D eigenvalue weighted by Gasteiger charge is 2.26. The van der Waals surface area contributed by atoms with Crippen molar-refractivity contribution in [2.75, 3.05) is 93.4 Å². The van der Waals surface area contributed by atoms with E-state index < -0.39 is 65.0 Å². The van der Waals surface area contributed by atoms with Gasteiger partial charge in [-0.05, 0) is 75.9 Å². The first-order valence-corrected chi connectivity index (χ1v) is 34.4. The maximum Gasteiger partial charge on any atom is 0.291 e. The van der Waals surface area contributed by atoms with Crippen LogP contribution in [-0.4, -0.2) is 183 Å². The van der Waals surface area contributed by atoms with Gasteiger partial charge in [0.2, 0.25) is 35.2 Å². The number of carbonyl (C=O) groups excluding carboxylic acids is 13. The van der Waals surface area contributed by atoms with Crippen molar-refractivity contribution < 1.29 is 62.3 Å². The fraction of sp³-hybridized carbons (Fsp3) is 0.296. The Hall–Kier alpha value is -14.3. The molecular weight excluding hydrogens is 1440 g/mol. The normalized spacial score (nSPS) is 11.0. The number of anilines is 10. The third-order valence-corrected chi connectivity index (χ3v) is 17.1. The SMILES string of the molecule is CC(=O)Nc1cc(C(=O)Nc2cn(C)c(C(=O)Nc3cc(C(=O)Nc4cn(C)c(C(=O)Nc5cc(C(=O)NCCCC(=O)Nc6cn(C)c(C(=O)Nc7cc(C(=O)Nc8cc(C(=O)Nc9cc(C(=O)Nc%10cc(C(=O)NCCC(=O)NCCCN(C)C)n(C)c%10)n(C)c9)n(C)c8)n(C)c7)n6)n(C)c5)n4)n(C)c3)n2)n(C)c1. The molecule has 10 aromatic heterocycles. The Bertz CT molecular complexity index is 5320. The predicted molar refractivity (Wildman–Crippen MR) is 409 cm³/mol. The first kappa shape index (κ1) is 79.2. The second kappa shape index (κ2) is 34.1. The van der Waals surface area contributed by atoms with Gasteiger partial charge < -0.3 is 120 Å². The van der Waals surface area contributed by atoms with Crippen molar-refractivity contribution in [3.8, 4) is 0 Å². The molecule has 111 heavy (non-hydrogen) atoms. The lowest BCUT2D eigenvalue weighted by atomic mass is 10.3. The summed E-state index contributed by atoms with van der Waals surface area (Å²) in [7, 11) is 19.9. The summed E-state index contributed by atoms with van der Waals surface area (Å²) >= 11 is 0. The van der Waals surface area contributed by atoms with E-state index in [1.54, 1.807) is 93.6 Å². The number of aromatic nitrogens is 13. The van der Waals surface area contributed by atoms with Crippen LogP contribution in [0.1, 0.15) is 138 Å². The zero-order valence-electron chi connectivity index (χ0n) is 63.0. The molecule has 10 heterocycles. The van der Waals surface area contributed by atoms with Crippen LogP contribution >= 0.6 is 0 Å². The molecular formula is C71H85N27O13. The van der Waals surface area contributed by atoms with Gasteiger partial charge in [-0.3, -0.25) is 62.3 Å². The fourth-order valence-electron chi connectivity index (χ4n) is 11.8. The Kier molecular flexibility index (Phi) is 24.3. The zero-order chi connectivity index (χ0) is 80.4. The number of carbonyl (C=O) groups is 13. The zero-order valence-corrected chi connectivity index (χ0v) is 63.0. The molecule has 10 rings (SSSR count). The summed E-state index contributed by atoms with van der Waals surface area (Å²) in [5.74, 6) is -6.64. The minimum absolute atomic E-state index is 0.0295. The van der Waals surface area contributed by atoms with E-state index in [0.717, 1.165) is 13.0 Å². The van der Waals surface area contributed by atoms with Crippen molar-refractivity contribution in [3.05, 3.63) is 162 Å². The van der Waals surface area contributed by atoms with Gasteiger partial charge in [0.05, 0.1) is 39.8 Å². The Morgan fingerprint density at radius 2 is 0.559 bits per heavy atom. The molecule has 40 heteroatoms. The van der Waals surface area contributed by atoms with Crippen molar-refractivity contribution in [2.24, 2.45) is 70.5 Å². The summed E-state index contributed by atoms with van der Waals surface area (Å²) in [5.41, 5.74) is 3.37. The molecule has 0 radical (unpaired) electrons. The molecule has 13 N–H and O–H groups in total. The van der Waals surface area contributed by atoms with Gasteiger partial charge in [0.25, 0.3) is 59.1 Å². The minimum Gasteiger partial charge on any atom is -0.356 e. The van der Waals surface area contributed by atoms with Crippen LogP contribution in [-0.2, 0) is 84.9 Å². The van der Waals surface area contributed by atoms with E-state index >= 15 is 0 Å². The van der Waals surface area contributed by atoms with Crippen LogP contribution in [0.25, 0.3) is 0 Å². The summed E-state index contributed by atoms with van der Waals surface area (Å²) < 4.78 is 14.8. The van der Waals surface area contributed by atoms with Crippen LogP contribution in [0.5, 0.6) is 0 Å². The van der Waals surface area contributed by atoms with Gasteiger partial charge >= 0.3 is 0 Å². The molecule has 13 amide bonds. The lowest BCUT2D eigenvalue weighted by Crippen LogP contribution is -2.32. The predicted octanol–water partition coefficient (Wildman–Crippen LogP) is 3.57. The molecule has 0 unspecified atom stereocenters.